The predicted molar refractivity (Wildman–Crippen MR) is 91.1 cm³/mol. The van der Waals surface area contributed by atoms with E-state index in [1.165, 1.54) is 32.1 Å². The molecule has 0 aliphatic heterocycles. The number of thiocarbonyl (C=S) groups is 1. The van der Waals surface area contributed by atoms with Gasteiger partial charge < -0.3 is 11.1 Å². The van der Waals surface area contributed by atoms with Gasteiger partial charge >= 0.3 is 0 Å². The predicted octanol–water partition coefficient (Wildman–Crippen LogP) is 3.70. The molecule has 0 saturated heterocycles. The van der Waals surface area contributed by atoms with Crippen molar-refractivity contribution in [2.75, 3.05) is 0 Å². The van der Waals surface area contributed by atoms with Gasteiger partial charge in [-0.15, -0.1) is 0 Å². The molecular formula is C17H30N2OS. The molecule has 1 amide bonds. The van der Waals surface area contributed by atoms with Crippen molar-refractivity contribution < 1.29 is 4.79 Å². The van der Waals surface area contributed by atoms with E-state index >= 15 is 0 Å². The first-order valence-corrected chi connectivity index (χ1v) is 9.06. The van der Waals surface area contributed by atoms with Gasteiger partial charge in [0.05, 0.1) is 10.5 Å². The van der Waals surface area contributed by atoms with Crippen LogP contribution in [0.25, 0.3) is 0 Å². The smallest absolute Gasteiger partial charge is 0.223 e. The molecule has 4 heteroatoms. The van der Waals surface area contributed by atoms with Gasteiger partial charge in [0, 0.05) is 5.92 Å². The van der Waals surface area contributed by atoms with Crippen LogP contribution in [-0.4, -0.2) is 16.4 Å². The molecule has 2 rings (SSSR count). The van der Waals surface area contributed by atoms with E-state index in [0.29, 0.717) is 10.9 Å². The SMILES string of the molecule is CC1CCC(NC(=O)C2CCCCCCC2)(C(N)=S)CC1. The third-order valence-electron chi connectivity index (χ3n) is 5.44. The van der Waals surface area contributed by atoms with Gasteiger partial charge in [0.15, 0.2) is 0 Å². The van der Waals surface area contributed by atoms with Gasteiger partial charge in [-0.05, 0) is 44.4 Å². The lowest BCUT2D eigenvalue weighted by atomic mass is 9.76. The second-order valence-electron chi connectivity index (χ2n) is 7.16. The topological polar surface area (TPSA) is 55.1 Å². The summed E-state index contributed by atoms with van der Waals surface area (Å²) in [5.41, 5.74) is 5.58. The molecule has 0 heterocycles. The fourth-order valence-corrected chi connectivity index (χ4v) is 4.00. The number of hydrogen-bond donors (Lipinski definition) is 2. The maximum atomic E-state index is 12.7. The highest BCUT2D eigenvalue weighted by Gasteiger charge is 2.39. The van der Waals surface area contributed by atoms with Crippen LogP contribution in [0.3, 0.4) is 0 Å². The molecule has 2 saturated carbocycles. The maximum absolute atomic E-state index is 12.7. The number of carbonyl (C=O) groups excluding carboxylic acids is 1. The van der Waals surface area contributed by atoms with E-state index in [4.69, 9.17) is 18.0 Å². The molecule has 2 aliphatic rings. The quantitative estimate of drug-likeness (QED) is 0.782. The van der Waals surface area contributed by atoms with Crippen LogP contribution in [0.15, 0.2) is 0 Å². The van der Waals surface area contributed by atoms with Crippen LogP contribution >= 0.6 is 12.2 Å². The summed E-state index contributed by atoms with van der Waals surface area (Å²) in [7, 11) is 0. The lowest BCUT2D eigenvalue weighted by Crippen LogP contribution is -2.59. The van der Waals surface area contributed by atoms with Gasteiger partial charge in [-0.2, -0.15) is 0 Å². The van der Waals surface area contributed by atoms with E-state index in [9.17, 15) is 4.79 Å². The summed E-state index contributed by atoms with van der Waals surface area (Å²) in [6, 6.07) is 0. The van der Waals surface area contributed by atoms with Crippen molar-refractivity contribution >= 4 is 23.1 Å². The summed E-state index contributed by atoms with van der Waals surface area (Å²) in [4.78, 5) is 13.2. The Morgan fingerprint density at radius 1 is 1.05 bits per heavy atom. The molecule has 0 radical (unpaired) electrons. The van der Waals surface area contributed by atoms with E-state index in [0.717, 1.165) is 38.5 Å². The van der Waals surface area contributed by atoms with Gasteiger partial charge in [-0.25, -0.2) is 0 Å². The molecule has 0 bridgehead atoms. The normalized spacial score (nSPS) is 32.0. The van der Waals surface area contributed by atoms with Gasteiger partial charge in [0.25, 0.3) is 0 Å². The summed E-state index contributed by atoms with van der Waals surface area (Å²) in [5.74, 6) is 1.07. The van der Waals surface area contributed by atoms with Crippen LogP contribution in [0, 0.1) is 11.8 Å². The monoisotopic (exact) mass is 310 g/mol. The number of carbonyl (C=O) groups is 1. The van der Waals surface area contributed by atoms with E-state index in [1.54, 1.807) is 0 Å². The van der Waals surface area contributed by atoms with Gasteiger partial charge in [-0.1, -0.05) is 51.2 Å². The van der Waals surface area contributed by atoms with E-state index in [2.05, 4.69) is 12.2 Å². The third-order valence-corrected chi connectivity index (χ3v) is 5.83. The summed E-state index contributed by atoms with van der Waals surface area (Å²) in [5, 5.41) is 3.27. The van der Waals surface area contributed by atoms with E-state index in [1.807, 2.05) is 0 Å². The van der Waals surface area contributed by atoms with Gasteiger partial charge in [0.2, 0.25) is 5.91 Å². The Bertz CT molecular complexity index is 367. The fraction of sp³-hybridized carbons (Fsp3) is 0.882. The Labute approximate surface area is 134 Å². The number of nitrogens with one attached hydrogen (secondary N) is 1. The number of hydrogen-bond acceptors (Lipinski definition) is 2. The molecule has 21 heavy (non-hydrogen) atoms. The summed E-state index contributed by atoms with van der Waals surface area (Å²) < 4.78 is 0. The first-order valence-electron chi connectivity index (χ1n) is 8.65. The minimum atomic E-state index is -0.415. The Balaban J connectivity index is 1.98. The van der Waals surface area contributed by atoms with Crippen molar-refractivity contribution in [3.63, 3.8) is 0 Å². The number of nitrogens with two attached hydrogens (primary N) is 1. The van der Waals surface area contributed by atoms with Crippen molar-refractivity contribution in [3.8, 4) is 0 Å². The Kier molecular flexibility index (Phi) is 6.03. The average Bonchev–Trinajstić information content (AvgIpc) is 2.40. The molecule has 0 aromatic heterocycles. The maximum Gasteiger partial charge on any atom is 0.223 e. The first kappa shape index (κ1) is 16.7. The Morgan fingerprint density at radius 3 is 2.10 bits per heavy atom. The van der Waals surface area contributed by atoms with Crippen LogP contribution in [0.2, 0.25) is 0 Å². The Morgan fingerprint density at radius 2 is 1.57 bits per heavy atom. The largest absolute Gasteiger partial charge is 0.391 e. The molecule has 3 nitrogen and oxygen atoms in total. The van der Waals surface area contributed by atoms with Crippen LogP contribution in [-0.2, 0) is 4.79 Å². The van der Waals surface area contributed by atoms with E-state index < -0.39 is 5.54 Å². The van der Waals surface area contributed by atoms with Crippen LogP contribution < -0.4 is 11.1 Å². The summed E-state index contributed by atoms with van der Waals surface area (Å²) in [6.45, 7) is 2.26. The molecule has 0 unspecified atom stereocenters. The van der Waals surface area contributed by atoms with Crippen molar-refractivity contribution in [2.45, 2.75) is 83.1 Å². The van der Waals surface area contributed by atoms with Gasteiger partial charge in [-0.3, -0.25) is 4.79 Å². The highest BCUT2D eigenvalue weighted by molar-refractivity contribution is 7.80. The molecule has 2 fully saturated rings. The molecule has 0 aromatic carbocycles. The second kappa shape index (κ2) is 7.57. The van der Waals surface area contributed by atoms with E-state index in [-0.39, 0.29) is 11.8 Å². The minimum absolute atomic E-state index is 0.163. The molecule has 0 atom stereocenters. The standard InChI is InChI=1S/C17H30N2OS/c1-13-9-11-17(12-10-13,16(18)21)19-15(20)14-7-5-3-2-4-6-8-14/h13-14H,2-12H2,1H3,(H2,18,21)(H,19,20). The third kappa shape index (κ3) is 4.41. The van der Waals surface area contributed by atoms with Crippen LogP contribution in [0.4, 0.5) is 0 Å². The van der Waals surface area contributed by atoms with Gasteiger partial charge in [0.1, 0.15) is 0 Å². The molecule has 3 N–H and O–H groups in total. The highest BCUT2D eigenvalue weighted by Crippen LogP contribution is 2.33. The highest BCUT2D eigenvalue weighted by atomic mass is 32.1. The zero-order valence-corrected chi connectivity index (χ0v) is 14.1. The summed E-state index contributed by atoms with van der Waals surface area (Å²) >= 11 is 5.30. The van der Waals surface area contributed by atoms with Crippen molar-refractivity contribution in [1.82, 2.24) is 5.32 Å². The minimum Gasteiger partial charge on any atom is -0.391 e. The lowest BCUT2D eigenvalue weighted by Gasteiger charge is -2.40. The average molecular weight is 311 g/mol. The van der Waals surface area contributed by atoms with Crippen molar-refractivity contribution in [3.05, 3.63) is 0 Å². The van der Waals surface area contributed by atoms with Crippen LogP contribution in [0.1, 0.15) is 77.6 Å². The molecule has 0 aromatic rings. The van der Waals surface area contributed by atoms with Crippen molar-refractivity contribution in [1.29, 1.82) is 0 Å². The molecular weight excluding hydrogens is 280 g/mol. The zero-order valence-electron chi connectivity index (χ0n) is 13.3. The zero-order chi connectivity index (χ0) is 15.3. The van der Waals surface area contributed by atoms with Crippen LogP contribution in [0.5, 0.6) is 0 Å². The molecule has 120 valence electrons. The number of amides is 1. The van der Waals surface area contributed by atoms with Crippen molar-refractivity contribution in [2.24, 2.45) is 17.6 Å². The molecule has 2 aliphatic carbocycles. The lowest BCUT2D eigenvalue weighted by molar-refractivity contribution is -0.127. The summed E-state index contributed by atoms with van der Waals surface area (Å²) in [6.07, 6.45) is 12.3. The fourth-order valence-electron chi connectivity index (χ4n) is 3.74. The molecule has 0 spiro atoms. The first-order chi connectivity index (χ1) is 10.0. The number of rotatable bonds is 3. The second-order valence-corrected chi connectivity index (χ2v) is 7.60. The Hall–Kier alpha value is -0.640.